The Kier molecular flexibility index (Phi) is 7.90. The topological polar surface area (TPSA) is 71.5 Å². The molecule has 2 unspecified atom stereocenters. The molecule has 2 atom stereocenters. The number of amides is 1. The van der Waals surface area contributed by atoms with E-state index >= 15 is 0 Å². The third-order valence-electron chi connectivity index (χ3n) is 4.81. The average molecular weight is 420 g/mol. The van der Waals surface area contributed by atoms with E-state index in [1.54, 1.807) is 30.6 Å². The standard InChI is InChI=1S/C25H25FN2O3/c1-2-23(25(30)21-7-3-4-8-22(21)26)28-24(29)14-11-18-9-12-20(13-10-18)31-17-19-6-5-15-27-16-19/h3-16,23,25,30H,2,17H2,1H3,(H,28,29)/b14-11+. The number of ether oxygens (including phenoxy) is 1. The number of pyridine rings is 1. The minimum Gasteiger partial charge on any atom is -0.489 e. The molecule has 0 bridgehead atoms. The van der Waals surface area contributed by atoms with Gasteiger partial charge in [0, 0.05) is 29.6 Å². The van der Waals surface area contributed by atoms with E-state index < -0.39 is 18.0 Å². The van der Waals surface area contributed by atoms with Gasteiger partial charge in [-0.25, -0.2) is 4.39 Å². The van der Waals surface area contributed by atoms with Gasteiger partial charge in [0.05, 0.1) is 6.04 Å². The Labute approximate surface area is 181 Å². The summed E-state index contributed by atoms with van der Waals surface area (Å²) in [5.74, 6) is -0.146. The van der Waals surface area contributed by atoms with Gasteiger partial charge in [0.1, 0.15) is 24.3 Å². The lowest BCUT2D eigenvalue weighted by atomic mass is 9.99. The summed E-state index contributed by atoms with van der Waals surface area (Å²) in [4.78, 5) is 16.3. The second-order valence-corrected chi connectivity index (χ2v) is 7.04. The van der Waals surface area contributed by atoms with Crippen molar-refractivity contribution in [1.82, 2.24) is 10.3 Å². The molecule has 1 aromatic heterocycles. The highest BCUT2D eigenvalue weighted by atomic mass is 19.1. The predicted octanol–water partition coefficient (Wildman–Crippen LogP) is 4.44. The van der Waals surface area contributed by atoms with Gasteiger partial charge in [-0.3, -0.25) is 9.78 Å². The van der Waals surface area contributed by atoms with Crippen LogP contribution in [-0.4, -0.2) is 22.0 Å². The summed E-state index contributed by atoms with van der Waals surface area (Å²) in [6.45, 7) is 2.25. The summed E-state index contributed by atoms with van der Waals surface area (Å²) in [6.07, 6.45) is 5.86. The monoisotopic (exact) mass is 420 g/mol. The molecule has 1 heterocycles. The fraction of sp³-hybridized carbons (Fsp3) is 0.200. The number of carbonyl (C=O) groups is 1. The molecule has 0 aliphatic carbocycles. The van der Waals surface area contributed by atoms with Crippen LogP contribution in [0.5, 0.6) is 5.75 Å². The Balaban J connectivity index is 1.54. The summed E-state index contributed by atoms with van der Waals surface area (Å²) in [5.41, 5.74) is 1.97. The van der Waals surface area contributed by atoms with Crippen molar-refractivity contribution >= 4 is 12.0 Å². The van der Waals surface area contributed by atoms with Crippen molar-refractivity contribution in [3.05, 3.63) is 102 Å². The first-order valence-corrected chi connectivity index (χ1v) is 10.1. The zero-order valence-electron chi connectivity index (χ0n) is 17.2. The van der Waals surface area contributed by atoms with Gasteiger partial charge < -0.3 is 15.2 Å². The first kappa shape index (κ1) is 22.2. The molecule has 6 heteroatoms. The molecule has 5 nitrogen and oxygen atoms in total. The van der Waals surface area contributed by atoms with Gasteiger partial charge in [0.15, 0.2) is 0 Å². The van der Waals surface area contributed by atoms with E-state index in [2.05, 4.69) is 10.3 Å². The van der Waals surface area contributed by atoms with Crippen molar-refractivity contribution in [2.24, 2.45) is 0 Å². The lowest BCUT2D eigenvalue weighted by molar-refractivity contribution is -0.118. The van der Waals surface area contributed by atoms with Crippen LogP contribution in [0.25, 0.3) is 6.08 Å². The number of rotatable bonds is 9. The summed E-state index contributed by atoms with van der Waals surface area (Å²) < 4.78 is 19.6. The average Bonchev–Trinajstić information content (AvgIpc) is 2.81. The Bertz CT molecular complexity index is 1010. The molecule has 160 valence electrons. The molecule has 0 fully saturated rings. The molecule has 2 aromatic carbocycles. The number of aliphatic hydroxyl groups excluding tert-OH is 1. The predicted molar refractivity (Wildman–Crippen MR) is 118 cm³/mol. The highest BCUT2D eigenvalue weighted by Crippen LogP contribution is 2.22. The van der Waals surface area contributed by atoms with Crippen molar-refractivity contribution < 1.29 is 19.0 Å². The number of nitrogens with one attached hydrogen (secondary N) is 1. The van der Waals surface area contributed by atoms with Crippen molar-refractivity contribution in [2.75, 3.05) is 0 Å². The minimum absolute atomic E-state index is 0.167. The van der Waals surface area contributed by atoms with Gasteiger partial charge in [-0.05, 0) is 42.3 Å². The molecule has 1 amide bonds. The number of aromatic nitrogens is 1. The molecule has 31 heavy (non-hydrogen) atoms. The number of carbonyl (C=O) groups excluding carboxylic acids is 1. The van der Waals surface area contributed by atoms with Crippen LogP contribution in [0.15, 0.2) is 79.1 Å². The van der Waals surface area contributed by atoms with Crippen molar-refractivity contribution in [3.63, 3.8) is 0 Å². The summed E-state index contributed by atoms with van der Waals surface area (Å²) in [7, 11) is 0. The van der Waals surface area contributed by atoms with Crippen LogP contribution in [0.3, 0.4) is 0 Å². The number of benzene rings is 2. The number of halogens is 1. The van der Waals surface area contributed by atoms with Gasteiger partial charge in [-0.15, -0.1) is 0 Å². The first-order valence-electron chi connectivity index (χ1n) is 10.1. The van der Waals surface area contributed by atoms with Crippen LogP contribution in [0, 0.1) is 5.82 Å². The largest absolute Gasteiger partial charge is 0.489 e. The Morgan fingerprint density at radius 3 is 2.61 bits per heavy atom. The first-order chi connectivity index (χ1) is 15.1. The second kappa shape index (κ2) is 11.0. The van der Waals surface area contributed by atoms with Gasteiger partial charge >= 0.3 is 0 Å². The zero-order valence-corrected chi connectivity index (χ0v) is 17.2. The summed E-state index contributed by atoms with van der Waals surface area (Å²) in [5, 5.41) is 13.2. The molecule has 3 aromatic rings. The Morgan fingerprint density at radius 1 is 1.16 bits per heavy atom. The molecule has 0 radical (unpaired) electrons. The van der Waals surface area contributed by atoms with Crippen molar-refractivity contribution in [3.8, 4) is 5.75 Å². The molecular weight excluding hydrogens is 395 g/mol. The van der Waals surface area contributed by atoms with Crippen LogP contribution >= 0.6 is 0 Å². The van der Waals surface area contributed by atoms with Gasteiger partial charge in [-0.1, -0.05) is 43.3 Å². The number of hydrogen-bond acceptors (Lipinski definition) is 4. The van der Waals surface area contributed by atoms with E-state index in [4.69, 9.17) is 4.74 Å². The van der Waals surface area contributed by atoms with Gasteiger partial charge in [0.2, 0.25) is 5.91 Å². The van der Waals surface area contributed by atoms with Gasteiger partial charge in [0.25, 0.3) is 0 Å². The zero-order chi connectivity index (χ0) is 22.1. The maximum Gasteiger partial charge on any atom is 0.244 e. The quantitative estimate of drug-likeness (QED) is 0.502. The van der Waals surface area contributed by atoms with E-state index in [0.29, 0.717) is 18.8 Å². The maximum absolute atomic E-state index is 13.9. The highest BCUT2D eigenvalue weighted by Gasteiger charge is 2.22. The van der Waals surface area contributed by atoms with Crippen LogP contribution < -0.4 is 10.1 Å². The lowest BCUT2D eigenvalue weighted by Crippen LogP contribution is -2.38. The molecule has 3 rings (SSSR count). The van der Waals surface area contributed by atoms with Crippen LogP contribution in [0.1, 0.15) is 36.1 Å². The van der Waals surface area contributed by atoms with Crippen molar-refractivity contribution in [2.45, 2.75) is 32.1 Å². The van der Waals surface area contributed by atoms with E-state index in [0.717, 1.165) is 11.1 Å². The SMILES string of the molecule is CCC(NC(=O)/C=C/c1ccc(OCc2cccnc2)cc1)C(O)c1ccccc1F. The van der Waals surface area contributed by atoms with Crippen LogP contribution in [0.2, 0.25) is 0 Å². The Morgan fingerprint density at radius 2 is 1.94 bits per heavy atom. The molecule has 0 spiro atoms. The number of nitrogens with zero attached hydrogens (tertiary/aromatic N) is 1. The second-order valence-electron chi connectivity index (χ2n) is 7.04. The normalized spacial score (nSPS) is 13.0. The molecule has 2 N–H and O–H groups in total. The molecule has 0 aliphatic rings. The highest BCUT2D eigenvalue weighted by molar-refractivity contribution is 5.92. The van der Waals surface area contributed by atoms with E-state index in [9.17, 15) is 14.3 Å². The smallest absolute Gasteiger partial charge is 0.244 e. The third-order valence-corrected chi connectivity index (χ3v) is 4.81. The van der Waals surface area contributed by atoms with Crippen molar-refractivity contribution in [1.29, 1.82) is 0 Å². The van der Waals surface area contributed by atoms with E-state index in [1.165, 1.54) is 18.2 Å². The van der Waals surface area contributed by atoms with Gasteiger partial charge in [-0.2, -0.15) is 0 Å². The molecule has 0 aliphatic heterocycles. The van der Waals surface area contributed by atoms with Crippen LogP contribution in [-0.2, 0) is 11.4 Å². The molecular formula is C25H25FN2O3. The molecule has 0 saturated carbocycles. The third kappa shape index (κ3) is 6.49. The fourth-order valence-corrected chi connectivity index (χ4v) is 3.06. The maximum atomic E-state index is 13.9. The minimum atomic E-state index is -1.13. The Hall–Kier alpha value is -3.51. The van der Waals surface area contributed by atoms with Crippen LogP contribution in [0.4, 0.5) is 4.39 Å². The number of hydrogen-bond donors (Lipinski definition) is 2. The summed E-state index contributed by atoms with van der Waals surface area (Å²) >= 11 is 0. The van der Waals surface area contributed by atoms with E-state index in [-0.39, 0.29) is 11.5 Å². The van der Waals surface area contributed by atoms with E-state index in [1.807, 2.05) is 43.3 Å². The fourth-order valence-electron chi connectivity index (χ4n) is 3.06. The number of aliphatic hydroxyl groups is 1. The molecule has 0 saturated heterocycles. The summed E-state index contributed by atoms with van der Waals surface area (Å²) in [6, 6.07) is 16.5. The lowest BCUT2D eigenvalue weighted by Gasteiger charge is -2.23.